The standard InChI is InChI=1S/C12H16ClN3O/c1-8-7-9(4-6-14-8)12(17)16-11-10(13)3-2-5-15-11/h2-3,5,8-9,14H,4,6-7H2,1H3,(H,15,16,17). The molecule has 1 fully saturated rings. The summed E-state index contributed by atoms with van der Waals surface area (Å²) in [5.41, 5.74) is 0. The van der Waals surface area contributed by atoms with Gasteiger partial charge in [0.15, 0.2) is 5.82 Å². The van der Waals surface area contributed by atoms with Crippen molar-refractivity contribution in [2.24, 2.45) is 5.92 Å². The fourth-order valence-electron chi connectivity index (χ4n) is 2.07. The molecule has 0 bridgehead atoms. The molecule has 1 aromatic heterocycles. The Morgan fingerprint density at radius 1 is 1.65 bits per heavy atom. The molecular formula is C12H16ClN3O. The summed E-state index contributed by atoms with van der Waals surface area (Å²) in [5, 5.41) is 6.59. The molecule has 0 radical (unpaired) electrons. The average Bonchev–Trinajstić information content (AvgIpc) is 2.32. The molecule has 2 rings (SSSR count). The number of piperidine rings is 1. The van der Waals surface area contributed by atoms with Crippen LogP contribution in [0.15, 0.2) is 18.3 Å². The average molecular weight is 254 g/mol. The Morgan fingerprint density at radius 3 is 3.18 bits per heavy atom. The van der Waals surface area contributed by atoms with Crippen molar-refractivity contribution in [2.45, 2.75) is 25.8 Å². The second kappa shape index (κ2) is 5.47. The number of halogens is 1. The van der Waals surface area contributed by atoms with E-state index in [4.69, 9.17) is 11.6 Å². The third kappa shape index (κ3) is 3.17. The largest absolute Gasteiger partial charge is 0.314 e. The van der Waals surface area contributed by atoms with Gasteiger partial charge in [0.2, 0.25) is 5.91 Å². The Morgan fingerprint density at radius 2 is 2.47 bits per heavy atom. The molecule has 1 saturated heterocycles. The predicted octanol–water partition coefficient (Wildman–Crippen LogP) is 2.06. The number of pyridine rings is 1. The highest BCUT2D eigenvalue weighted by atomic mass is 35.5. The van der Waals surface area contributed by atoms with Gasteiger partial charge in [-0.2, -0.15) is 0 Å². The summed E-state index contributed by atoms with van der Waals surface area (Å²) < 4.78 is 0. The first-order chi connectivity index (χ1) is 8.16. The van der Waals surface area contributed by atoms with Gasteiger partial charge in [-0.1, -0.05) is 11.6 Å². The van der Waals surface area contributed by atoms with Crippen LogP contribution in [0.2, 0.25) is 5.02 Å². The van der Waals surface area contributed by atoms with E-state index in [1.165, 1.54) is 0 Å². The Kier molecular flexibility index (Phi) is 3.97. The lowest BCUT2D eigenvalue weighted by molar-refractivity contribution is -0.120. The van der Waals surface area contributed by atoms with Gasteiger partial charge in [0, 0.05) is 18.2 Å². The zero-order valence-corrected chi connectivity index (χ0v) is 10.5. The fraction of sp³-hybridized carbons (Fsp3) is 0.500. The van der Waals surface area contributed by atoms with E-state index in [9.17, 15) is 4.79 Å². The third-order valence-electron chi connectivity index (χ3n) is 2.99. The van der Waals surface area contributed by atoms with E-state index >= 15 is 0 Å². The molecule has 5 heteroatoms. The van der Waals surface area contributed by atoms with Crippen LogP contribution in [0.25, 0.3) is 0 Å². The van der Waals surface area contributed by atoms with Gasteiger partial charge >= 0.3 is 0 Å². The van der Waals surface area contributed by atoms with Gasteiger partial charge in [0.05, 0.1) is 5.02 Å². The Bertz CT molecular complexity index is 410. The molecule has 2 N–H and O–H groups in total. The first kappa shape index (κ1) is 12.3. The number of carbonyl (C=O) groups excluding carboxylic acids is 1. The van der Waals surface area contributed by atoms with E-state index in [0.717, 1.165) is 19.4 Å². The lowest BCUT2D eigenvalue weighted by atomic mass is 9.92. The summed E-state index contributed by atoms with van der Waals surface area (Å²) in [6.45, 7) is 2.97. The molecule has 0 spiro atoms. The van der Waals surface area contributed by atoms with Crippen molar-refractivity contribution >= 4 is 23.3 Å². The van der Waals surface area contributed by atoms with Crippen LogP contribution in [0.3, 0.4) is 0 Å². The van der Waals surface area contributed by atoms with Crippen LogP contribution in [-0.4, -0.2) is 23.5 Å². The molecule has 17 heavy (non-hydrogen) atoms. The van der Waals surface area contributed by atoms with Crippen molar-refractivity contribution in [2.75, 3.05) is 11.9 Å². The van der Waals surface area contributed by atoms with Gasteiger partial charge in [-0.05, 0) is 38.4 Å². The first-order valence-electron chi connectivity index (χ1n) is 5.81. The number of rotatable bonds is 2. The molecule has 4 nitrogen and oxygen atoms in total. The maximum absolute atomic E-state index is 12.0. The van der Waals surface area contributed by atoms with Gasteiger partial charge in [0.25, 0.3) is 0 Å². The highest BCUT2D eigenvalue weighted by molar-refractivity contribution is 6.33. The zero-order valence-electron chi connectivity index (χ0n) is 9.74. The van der Waals surface area contributed by atoms with Gasteiger partial charge < -0.3 is 10.6 Å². The van der Waals surface area contributed by atoms with E-state index < -0.39 is 0 Å². The van der Waals surface area contributed by atoms with Crippen molar-refractivity contribution in [3.8, 4) is 0 Å². The van der Waals surface area contributed by atoms with Gasteiger partial charge in [0.1, 0.15) is 0 Å². The summed E-state index contributed by atoms with van der Waals surface area (Å²) in [5.74, 6) is 0.508. The van der Waals surface area contributed by atoms with E-state index in [2.05, 4.69) is 22.5 Å². The van der Waals surface area contributed by atoms with Crippen molar-refractivity contribution in [3.05, 3.63) is 23.4 Å². The smallest absolute Gasteiger partial charge is 0.228 e. The maximum Gasteiger partial charge on any atom is 0.228 e. The first-order valence-corrected chi connectivity index (χ1v) is 6.19. The van der Waals surface area contributed by atoms with Crippen molar-refractivity contribution in [3.63, 3.8) is 0 Å². The second-order valence-electron chi connectivity index (χ2n) is 4.40. The van der Waals surface area contributed by atoms with Gasteiger partial charge in [-0.15, -0.1) is 0 Å². The predicted molar refractivity (Wildman–Crippen MR) is 68.1 cm³/mol. The van der Waals surface area contributed by atoms with E-state index in [0.29, 0.717) is 16.9 Å². The number of nitrogens with zero attached hydrogens (tertiary/aromatic N) is 1. The second-order valence-corrected chi connectivity index (χ2v) is 4.81. The lowest BCUT2D eigenvalue weighted by Crippen LogP contribution is -2.40. The molecule has 1 aliphatic rings. The molecule has 1 aliphatic heterocycles. The lowest BCUT2D eigenvalue weighted by Gasteiger charge is -2.27. The van der Waals surface area contributed by atoms with Crippen molar-refractivity contribution < 1.29 is 4.79 Å². The molecule has 0 aliphatic carbocycles. The summed E-state index contributed by atoms with van der Waals surface area (Å²) in [7, 11) is 0. The number of hydrogen-bond donors (Lipinski definition) is 2. The van der Waals surface area contributed by atoms with Crippen molar-refractivity contribution in [1.82, 2.24) is 10.3 Å². The molecular weight excluding hydrogens is 238 g/mol. The molecule has 2 atom stereocenters. The van der Waals surface area contributed by atoms with Crippen LogP contribution < -0.4 is 10.6 Å². The molecule has 2 heterocycles. The third-order valence-corrected chi connectivity index (χ3v) is 3.30. The summed E-state index contributed by atoms with van der Waals surface area (Å²) in [6, 6.07) is 3.85. The molecule has 1 aromatic rings. The quantitative estimate of drug-likeness (QED) is 0.848. The van der Waals surface area contributed by atoms with Crippen LogP contribution >= 0.6 is 11.6 Å². The highest BCUT2D eigenvalue weighted by Gasteiger charge is 2.25. The SMILES string of the molecule is CC1CC(C(=O)Nc2ncccc2Cl)CCN1. The van der Waals surface area contributed by atoms with Gasteiger partial charge in [-0.3, -0.25) is 4.79 Å². The molecule has 92 valence electrons. The number of amides is 1. The molecule has 0 aromatic carbocycles. The number of carbonyl (C=O) groups is 1. The minimum atomic E-state index is 0.0129. The summed E-state index contributed by atoms with van der Waals surface area (Å²) in [4.78, 5) is 16.1. The van der Waals surface area contributed by atoms with Crippen LogP contribution in [0.4, 0.5) is 5.82 Å². The topological polar surface area (TPSA) is 54.0 Å². The monoisotopic (exact) mass is 253 g/mol. The highest BCUT2D eigenvalue weighted by Crippen LogP contribution is 2.21. The number of anilines is 1. The molecule has 2 unspecified atom stereocenters. The van der Waals surface area contributed by atoms with Crippen LogP contribution in [-0.2, 0) is 4.79 Å². The fourth-order valence-corrected chi connectivity index (χ4v) is 2.24. The normalized spacial score (nSPS) is 24.4. The Balaban J connectivity index is 1.99. The van der Waals surface area contributed by atoms with Crippen LogP contribution in [0.1, 0.15) is 19.8 Å². The van der Waals surface area contributed by atoms with E-state index in [-0.39, 0.29) is 11.8 Å². The minimum Gasteiger partial charge on any atom is -0.314 e. The van der Waals surface area contributed by atoms with E-state index in [1.54, 1.807) is 18.3 Å². The number of aromatic nitrogens is 1. The molecule has 1 amide bonds. The zero-order chi connectivity index (χ0) is 12.3. The van der Waals surface area contributed by atoms with Crippen LogP contribution in [0.5, 0.6) is 0 Å². The number of hydrogen-bond acceptors (Lipinski definition) is 3. The number of nitrogens with one attached hydrogen (secondary N) is 2. The van der Waals surface area contributed by atoms with Gasteiger partial charge in [-0.25, -0.2) is 4.98 Å². The summed E-state index contributed by atoms with van der Waals surface area (Å²) >= 11 is 5.95. The molecule has 0 saturated carbocycles. The Labute approximate surface area is 106 Å². The van der Waals surface area contributed by atoms with Crippen LogP contribution in [0, 0.1) is 5.92 Å². The Hall–Kier alpha value is -1.13. The summed E-state index contributed by atoms with van der Waals surface area (Å²) in [6.07, 6.45) is 3.34. The van der Waals surface area contributed by atoms with E-state index in [1.807, 2.05) is 0 Å². The van der Waals surface area contributed by atoms with Crippen molar-refractivity contribution in [1.29, 1.82) is 0 Å². The minimum absolute atomic E-state index is 0.0129. The maximum atomic E-state index is 12.0.